The largest absolute Gasteiger partial charge is 1.00 e. The van der Waals surface area contributed by atoms with Crippen molar-refractivity contribution in [3.63, 3.8) is 0 Å². The average Bonchev–Trinajstić information content (AvgIpc) is 1.89. The fourth-order valence-electron chi connectivity index (χ4n) is 1.36. The fourth-order valence-corrected chi connectivity index (χ4v) is 2.22. The Labute approximate surface area is 94.5 Å². The molecule has 1 aliphatic heterocycles. The number of likely N-dealkylation sites (N-methyl/N-ethyl adjacent to an activating group) is 1. The SMILES string of the molecule is C[N+]1(CCBr)CCNCC1.[I-]. The summed E-state index contributed by atoms with van der Waals surface area (Å²) in [4.78, 5) is 0. The van der Waals surface area contributed by atoms with Gasteiger partial charge in [0.2, 0.25) is 0 Å². The first kappa shape index (κ1) is 12.1. The maximum absolute atomic E-state index is 3.48. The summed E-state index contributed by atoms with van der Waals surface area (Å²) in [7, 11) is 2.34. The van der Waals surface area contributed by atoms with Gasteiger partial charge in [0.25, 0.3) is 0 Å². The van der Waals surface area contributed by atoms with Crippen molar-refractivity contribution in [1.82, 2.24) is 5.32 Å². The van der Waals surface area contributed by atoms with Crippen LogP contribution in [0.2, 0.25) is 0 Å². The highest BCUT2D eigenvalue weighted by atomic mass is 127. The summed E-state index contributed by atoms with van der Waals surface area (Å²) in [6.07, 6.45) is 0. The zero-order valence-electron chi connectivity index (χ0n) is 6.95. The molecule has 11 heavy (non-hydrogen) atoms. The van der Waals surface area contributed by atoms with Crippen LogP contribution in [0.25, 0.3) is 0 Å². The first-order valence-electron chi connectivity index (χ1n) is 3.87. The highest BCUT2D eigenvalue weighted by Crippen LogP contribution is 2.04. The molecule has 0 aromatic carbocycles. The maximum atomic E-state index is 3.48. The number of hydrogen-bond donors (Lipinski definition) is 1. The van der Waals surface area contributed by atoms with Crippen molar-refractivity contribution in [3.8, 4) is 0 Å². The molecule has 0 aliphatic carbocycles. The molecule has 1 aliphatic rings. The van der Waals surface area contributed by atoms with Crippen LogP contribution in [0.1, 0.15) is 0 Å². The van der Waals surface area contributed by atoms with E-state index in [4.69, 9.17) is 0 Å². The number of piperazine rings is 1. The third-order valence-corrected chi connectivity index (χ3v) is 2.64. The van der Waals surface area contributed by atoms with Crippen LogP contribution in [0.15, 0.2) is 0 Å². The maximum Gasteiger partial charge on any atom is 0.0912 e. The van der Waals surface area contributed by atoms with Crippen molar-refractivity contribution in [2.75, 3.05) is 45.1 Å². The van der Waals surface area contributed by atoms with Crippen LogP contribution in [0.4, 0.5) is 0 Å². The van der Waals surface area contributed by atoms with Crippen molar-refractivity contribution >= 4 is 15.9 Å². The van der Waals surface area contributed by atoms with E-state index >= 15 is 0 Å². The molecule has 0 atom stereocenters. The second-order valence-electron chi connectivity index (χ2n) is 3.23. The van der Waals surface area contributed by atoms with Gasteiger partial charge in [-0.2, -0.15) is 0 Å². The fraction of sp³-hybridized carbons (Fsp3) is 1.00. The van der Waals surface area contributed by atoms with Crippen LogP contribution in [0.5, 0.6) is 0 Å². The van der Waals surface area contributed by atoms with Crippen molar-refractivity contribution in [2.24, 2.45) is 0 Å². The molecule has 0 bridgehead atoms. The molecule has 0 radical (unpaired) electrons. The van der Waals surface area contributed by atoms with Crippen LogP contribution in [0.3, 0.4) is 0 Å². The lowest BCUT2D eigenvalue weighted by atomic mass is 10.3. The Bertz CT molecular complexity index is 99.1. The second-order valence-corrected chi connectivity index (χ2v) is 4.02. The van der Waals surface area contributed by atoms with Gasteiger partial charge in [0.05, 0.1) is 32.0 Å². The number of rotatable bonds is 2. The van der Waals surface area contributed by atoms with Gasteiger partial charge < -0.3 is 33.8 Å². The van der Waals surface area contributed by atoms with Gasteiger partial charge in [0.1, 0.15) is 0 Å². The molecule has 4 heteroatoms. The van der Waals surface area contributed by atoms with E-state index in [1.807, 2.05) is 0 Å². The van der Waals surface area contributed by atoms with E-state index in [-0.39, 0.29) is 24.0 Å². The minimum atomic E-state index is 0. The van der Waals surface area contributed by atoms with Crippen molar-refractivity contribution in [2.45, 2.75) is 0 Å². The van der Waals surface area contributed by atoms with Gasteiger partial charge in [0.15, 0.2) is 0 Å². The van der Waals surface area contributed by atoms with Gasteiger partial charge in [-0.1, -0.05) is 15.9 Å². The van der Waals surface area contributed by atoms with Gasteiger partial charge in [-0.3, -0.25) is 0 Å². The molecule has 68 valence electrons. The number of nitrogens with zero attached hydrogens (tertiary/aromatic N) is 1. The Hall–Kier alpha value is 1.13. The smallest absolute Gasteiger partial charge is 0.0912 e. The number of quaternary nitrogens is 1. The molecule has 1 fully saturated rings. The number of alkyl halides is 1. The highest BCUT2D eigenvalue weighted by molar-refractivity contribution is 9.09. The van der Waals surface area contributed by atoms with Gasteiger partial charge in [0, 0.05) is 13.1 Å². The average molecular weight is 335 g/mol. The van der Waals surface area contributed by atoms with Crippen molar-refractivity contribution < 1.29 is 28.5 Å². The summed E-state index contributed by atoms with van der Waals surface area (Å²) < 4.78 is 1.23. The van der Waals surface area contributed by atoms with Crippen LogP contribution in [-0.2, 0) is 0 Å². The molecule has 1 rings (SSSR count). The zero-order valence-corrected chi connectivity index (χ0v) is 10.7. The molecule has 0 unspecified atom stereocenters. The third-order valence-electron chi connectivity index (χ3n) is 2.28. The molecule has 0 aromatic heterocycles. The molecule has 1 N–H and O–H groups in total. The topological polar surface area (TPSA) is 12.0 Å². The summed E-state index contributed by atoms with van der Waals surface area (Å²) in [6, 6.07) is 0. The molecule has 2 nitrogen and oxygen atoms in total. The molecular weight excluding hydrogens is 319 g/mol. The van der Waals surface area contributed by atoms with Crippen LogP contribution in [0, 0.1) is 0 Å². The Balaban J connectivity index is 0.000001000. The van der Waals surface area contributed by atoms with E-state index in [0.29, 0.717) is 0 Å². The standard InChI is InChI=1S/C7H16BrN2.HI/c1-10(5-2-8)6-3-9-4-7-10;/h9H,2-7H2,1H3;1H/q+1;/p-1. The van der Waals surface area contributed by atoms with E-state index in [2.05, 4.69) is 28.3 Å². The lowest BCUT2D eigenvalue weighted by Crippen LogP contribution is -3.00. The molecule has 1 heterocycles. The number of nitrogens with one attached hydrogen (secondary N) is 1. The summed E-state index contributed by atoms with van der Waals surface area (Å²) in [6.45, 7) is 6.20. The lowest BCUT2D eigenvalue weighted by molar-refractivity contribution is -0.908. The van der Waals surface area contributed by atoms with E-state index in [0.717, 1.165) is 5.33 Å². The predicted molar refractivity (Wildman–Crippen MR) is 47.4 cm³/mol. The Morgan fingerprint density at radius 3 is 2.36 bits per heavy atom. The number of halogens is 2. The van der Waals surface area contributed by atoms with E-state index < -0.39 is 0 Å². The molecule has 0 amide bonds. The molecule has 1 saturated heterocycles. The lowest BCUT2D eigenvalue weighted by Gasteiger charge is -2.37. The third kappa shape index (κ3) is 4.05. The monoisotopic (exact) mass is 334 g/mol. The van der Waals surface area contributed by atoms with Crippen molar-refractivity contribution in [3.05, 3.63) is 0 Å². The van der Waals surface area contributed by atoms with E-state index in [9.17, 15) is 0 Å². The predicted octanol–water partition coefficient (Wildman–Crippen LogP) is -2.56. The summed E-state index contributed by atoms with van der Waals surface area (Å²) in [5, 5.41) is 4.50. The summed E-state index contributed by atoms with van der Waals surface area (Å²) >= 11 is 3.48. The van der Waals surface area contributed by atoms with Crippen LogP contribution in [-0.4, -0.2) is 49.6 Å². The first-order valence-corrected chi connectivity index (χ1v) is 4.99. The molecule has 0 aromatic rings. The zero-order chi connectivity index (χ0) is 7.45. The highest BCUT2D eigenvalue weighted by Gasteiger charge is 2.22. The van der Waals surface area contributed by atoms with Crippen LogP contribution >= 0.6 is 15.9 Å². The van der Waals surface area contributed by atoms with Gasteiger partial charge in [-0.15, -0.1) is 0 Å². The Morgan fingerprint density at radius 2 is 1.91 bits per heavy atom. The Morgan fingerprint density at radius 1 is 1.36 bits per heavy atom. The Kier molecular flexibility index (Phi) is 6.31. The summed E-state index contributed by atoms with van der Waals surface area (Å²) in [5.41, 5.74) is 0. The molecular formula is C7H16BrIN2. The first-order chi connectivity index (χ1) is 4.77. The summed E-state index contributed by atoms with van der Waals surface area (Å²) in [5.74, 6) is 0. The normalized spacial score (nSPS) is 22.4. The molecule has 0 spiro atoms. The second kappa shape index (κ2) is 5.72. The minimum Gasteiger partial charge on any atom is -1.00 e. The van der Waals surface area contributed by atoms with Gasteiger partial charge in [-0.25, -0.2) is 0 Å². The quantitative estimate of drug-likeness (QED) is 0.333. The van der Waals surface area contributed by atoms with E-state index in [1.54, 1.807) is 0 Å². The van der Waals surface area contributed by atoms with Crippen LogP contribution < -0.4 is 29.3 Å². The minimum absolute atomic E-state index is 0. The molecule has 0 saturated carbocycles. The number of hydrogen-bond acceptors (Lipinski definition) is 1. The van der Waals surface area contributed by atoms with Crippen molar-refractivity contribution in [1.29, 1.82) is 0 Å². The van der Waals surface area contributed by atoms with Gasteiger partial charge in [-0.05, 0) is 0 Å². The van der Waals surface area contributed by atoms with E-state index in [1.165, 1.54) is 37.2 Å². The van der Waals surface area contributed by atoms with Gasteiger partial charge >= 0.3 is 0 Å².